The fourth-order valence-electron chi connectivity index (χ4n) is 3.05. The number of nitrogens with zero attached hydrogens (tertiary/aromatic N) is 2. The van der Waals surface area contributed by atoms with Gasteiger partial charge in [0.25, 0.3) is 10.0 Å². The molecule has 2 aliphatic rings. The van der Waals surface area contributed by atoms with Crippen LogP contribution in [0.4, 0.5) is 11.4 Å². The fourth-order valence-corrected chi connectivity index (χ4v) is 7.40. The minimum absolute atomic E-state index is 0.306. The second-order valence-corrected chi connectivity index (χ2v) is 11.1. The first-order valence-corrected chi connectivity index (χ1v) is 11.6. The zero-order chi connectivity index (χ0) is 17.6. The van der Waals surface area contributed by atoms with Gasteiger partial charge in [-0.05, 0) is 56.5 Å². The summed E-state index contributed by atoms with van der Waals surface area (Å²) in [5, 5.41) is 3.29. The number of rotatable bonds is 3. The molecule has 1 N–H and O–H groups in total. The Hall–Kier alpha value is -0.870. The van der Waals surface area contributed by atoms with Crippen molar-refractivity contribution < 1.29 is 8.42 Å². The number of hydrogen-bond acceptors (Lipinski definition) is 5. The Morgan fingerprint density at radius 3 is 2.56 bits per heavy atom. The molecule has 0 spiro atoms. The van der Waals surface area contributed by atoms with Gasteiger partial charge >= 0.3 is 0 Å². The molecule has 3 heterocycles. The molecular formula is C16H15Br2N3O2S2. The van der Waals surface area contributed by atoms with Crippen LogP contribution in [-0.2, 0) is 10.0 Å². The maximum atomic E-state index is 13.2. The van der Waals surface area contributed by atoms with Gasteiger partial charge in [0, 0.05) is 23.3 Å². The number of hydrogen-bond donors (Lipinski definition) is 1. The third kappa shape index (κ3) is 3.06. The van der Waals surface area contributed by atoms with E-state index in [1.807, 2.05) is 24.3 Å². The highest BCUT2D eigenvalue weighted by Gasteiger charge is 2.37. The second kappa shape index (κ2) is 6.70. The first kappa shape index (κ1) is 17.5. The van der Waals surface area contributed by atoms with Crippen LogP contribution in [0.25, 0.3) is 0 Å². The Bertz CT molecular complexity index is 937. The molecule has 1 aromatic carbocycles. The van der Waals surface area contributed by atoms with Gasteiger partial charge in [0.05, 0.1) is 15.2 Å². The standard InChI is InChI=1S/C16H15Br2N3O2S2/c17-12-9-15(24-16(12)18)25(22,23)21-10-20(11-5-7-19-8-6-11)13-3-1-2-4-14(13)21/h1-5,9,19H,6-8,10H2. The fraction of sp³-hybridized carbons (Fsp3) is 0.250. The predicted octanol–water partition coefficient (Wildman–Crippen LogP) is 4.12. The quantitative estimate of drug-likeness (QED) is 0.683. The SMILES string of the molecule is O=S(=O)(c1cc(Br)c(Br)s1)N1CN(C2=CCNCC2)c2ccccc21. The van der Waals surface area contributed by atoms with E-state index in [2.05, 4.69) is 48.2 Å². The van der Waals surface area contributed by atoms with E-state index in [9.17, 15) is 8.42 Å². The minimum atomic E-state index is -3.62. The van der Waals surface area contributed by atoms with Crippen LogP contribution < -0.4 is 14.5 Å². The highest BCUT2D eigenvalue weighted by Crippen LogP contribution is 2.44. The summed E-state index contributed by atoms with van der Waals surface area (Å²) in [6, 6.07) is 9.32. The molecule has 9 heteroatoms. The van der Waals surface area contributed by atoms with Gasteiger partial charge in [0.15, 0.2) is 0 Å². The highest BCUT2D eigenvalue weighted by atomic mass is 79.9. The average Bonchev–Trinajstić information content (AvgIpc) is 3.17. The van der Waals surface area contributed by atoms with Crippen LogP contribution in [0.15, 0.2) is 54.6 Å². The summed E-state index contributed by atoms with van der Waals surface area (Å²) in [5.41, 5.74) is 2.83. The lowest BCUT2D eigenvalue weighted by Gasteiger charge is -2.26. The van der Waals surface area contributed by atoms with E-state index in [0.29, 0.717) is 10.9 Å². The summed E-state index contributed by atoms with van der Waals surface area (Å²) in [6.45, 7) is 2.02. The van der Waals surface area contributed by atoms with Crippen LogP contribution in [0.1, 0.15) is 6.42 Å². The van der Waals surface area contributed by atoms with E-state index >= 15 is 0 Å². The lowest BCUT2D eigenvalue weighted by atomic mass is 10.2. The van der Waals surface area contributed by atoms with Crippen molar-refractivity contribution in [3.63, 3.8) is 0 Å². The molecule has 5 nitrogen and oxygen atoms in total. The van der Waals surface area contributed by atoms with E-state index in [4.69, 9.17) is 0 Å². The summed E-state index contributed by atoms with van der Waals surface area (Å²) >= 11 is 7.98. The maximum Gasteiger partial charge on any atom is 0.275 e. The van der Waals surface area contributed by atoms with Gasteiger partial charge in [-0.1, -0.05) is 18.2 Å². The van der Waals surface area contributed by atoms with Crippen molar-refractivity contribution in [2.45, 2.75) is 10.6 Å². The smallest absolute Gasteiger partial charge is 0.275 e. The summed E-state index contributed by atoms with van der Waals surface area (Å²) < 4.78 is 29.8. The summed E-state index contributed by atoms with van der Waals surface area (Å²) in [7, 11) is -3.62. The Labute approximate surface area is 167 Å². The lowest BCUT2D eigenvalue weighted by Crippen LogP contribution is -2.36. The first-order chi connectivity index (χ1) is 12.0. The van der Waals surface area contributed by atoms with Gasteiger partial charge in [-0.25, -0.2) is 12.7 Å². The molecule has 0 unspecified atom stereocenters. The van der Waals surface area contributed by atoms with Crippen LogP contribution in [0.5, 0.6) is 0 Å². The van der Waals surface area contributed by atoms with E-state index < -0.39 is 10.0 Å². The number of thiophene rings is 1. The molecule has 2 aliphatic heterocycles. The van der Waals surface area contributed by atoms with Gasteiger partial charge in [-0.15, -0.1) is 11.3 Å². The first-order valence-electron chi connectivity index (χ1n) is 7.72. The molecule has 1 aromatic heterocycles. The molecule has 132 valence electrons. The molecule has 0 radical (unpaired) electrons. The van der Waals surface area contributed by atoms with Gasteiger partial charge < -0.3 is 10.2 Å². The number of sulfonamides is 1. The van der Waals surface area contributed by atoms with E-state index in [1.165, 1.54) is 15.6 Å². The molecule has 25 heavy (non-hydrogen) atoms. The molecule has 0 bridgehead atoms. The Morgan fingerprint density at radius 1 is 1.16 bits per heavy atom. The van der Waals surface area contributed by atoms with Crippen molar-refractivity contribution in [1.29, 1.82) is 0 Å². The van der Waals surface area contributed by atoms with Crippen molar-refractivity contribution in [3.8, 4) is 0 Å². The average molecular weight is 505 g/mol. The molecule has 0 saturated carbocycles. The number of halogens is 2. The molecular weight excluding hydrogens is 490 g/mol. The lowest BCUT2D eigenvalue weighted by molar-refractivity contribution is 0.593. The van der Waals surface area contributed by atoms with Crippen molar-refractivity contribution in [3.05, 3.63) is 50.4 Å². The van der Waals surface area contributed by atoms with Crippen LogP contribution >= 0.6 is 43.2 Å². The second-order valence-electron chi connectivity index (χ2n) is 5.75. The normalized spacial score (nSPS) is 17.6. The summed E-state index contributed by atoms with van der Waals surface area (Å²) in [6.07, 6.45) is 3.02. The number of nitrogens with one attached hydrogen (secondary N) is 1. The molecule has 0 fully saturated rings. The topological polar surface area (TPSA) is 52.7 Å². The number of fused-ring (bicyclic) bond motifs is 1. The van der Waals surface area contributed by atoms with E-state index in [-0.39, 0.29) is 0 Å². The molecule has 0 amide bonds. The molecule has 4 rings (SSSR count). The van der Waals surface area contributed by atoms with Gasteiger partial charge in [0.1, 0.15) is 10.9 Å². The Kier molecular flexibility index (Phi) is 4.70. The van der Waals surface area contributed by atoms with Crippen LogP contribution in [-0.4, -0.2) is 28.2 Å². The zero-order valence-electron chi connectivity index (χ0n) is 13.1. The third-order valence-electron chi connectivity index (χ3n) is 4.26. The maximum absolute atomic E-state index is 13.2. The van der Waals surface area contributed by atoms with Crippen molar-refractivity contribution >= 4 is 64.6 Å². The Balaban J connectivity index is 1.77. The molecule has 0 saturated heterocycles. The molecule has 0 aliphatic carbocycles. The predicted molar refractivity (Wildman–Crippen MR) is 109 cm³/mol. The minimum Gasteiger partial charge on any atom is -0.324 e. The van der Waals surface area contributed by atoms with Gasteiger partial charge in [0.2, 0.25) is 0 Å². The monoisotopic (exact) mass is 503 g/mol. The molecule has 2 aromatic rings. The van der Waals surface area contributed by atoms with Crippen LogP contribution in [0.2, 0.25) is 0 Å². The van der Waals surface area contributed by atoms with Crippen molar-refractivity contribution in [2.75, 3.05) is 29.0 Å². The van der Waals surface area contributed by atoms with Crippen LogP contribution in [0.3, 0.4) is 0 Å². The van der Waals surface area contributed by atoms with Gasteiger partial charge in [-0.3, -0.25) is 0 Å². The van der Waals surface area contributed by atoms with E-state index in [1.54, 1.807) is 6.07 Å². The summed E-state index contributed by atoms with van der Waals surface area (Å²) in [4.78, 5) is 2.10. The largest absolute Gasteiger partial charge is 0.324 e. The Morgan fingerprint density at radius 2 is 1.92 bits per heavy atom. The van der Waals surface area contributed by atoms with Crippen LogP contribution in [0, 0.1) is 0 Å². The van der Waals surface area contributed by atoms with Crippen molar-refractivity contribution in [1.82, 2.24) is 5.32 Å². The van der Waals surface area contributed by atoms with Gasteiger partial charge in [-0.2, -0.15) is 0 Å². The van der Waals surface area contributed by atoms with E-state index in [0.717, 1.165) is 44.8 Å². The third-order valence-corrected chi connectivity index (χ3v) is 9.72. The highest BCUT2D eigenvalue weighted by molar-refractivity contribution is 9.13. The number of para-hydroxylation sites is 2. The zero-order valence-corrected chi connectivity index (χ0v) is 17.9. The molecule has 0 atom stereocenters. The summed E-state index contributed by atoms with van der Waals surface area (Å²) in [5.74, 6) is 0. The number of anilines is 2. The number of benzene rings is 1. The van der Waals surface area contributed by atoms with Crippen molar-refractivity contribution in [2.24, 2.45) is 0 Å².